The third-order valence-electron chi connectivity index (χ3n) is 5.91. The molecule has 2 N–H and O–H groups in total. The minimum absolute atomic E-state index is 0. The van der Waals surface area contributed by atoms with Gasteiger partial charge in [0.2, 0.25) is 0 Å². The van der Waals surface area contributed by atoms with E-state index in [0.29, 0.717) is 11.6 Å². The molecule has 2 fully saturated rings. The SMILES string of the molecule is CN=C(NCc1cccnc1N1CCN(C)CC1)NC1CCN(c2ncccc2Cl)C1.I. The van der Waals surface area contributed by atoms with E-state index in [2.05, 4.69) is 53.4 Å². The number of hydrogen-bond acceptors (Lipinski definition) is 6. The zero-order valence-corrected chi connectivity index (χ0v) is 21.8. The molecule has 0 radical (unpaired) electrons. The van der Waals surface area contributed by atoms with Gasteiger partial charge in [-0.3, -0.25) is 4.99 Å². The molecular weight excluding hydrogens is 539 g/mol. The number of anilines is 2. The maximum absolute atomic E-state index is 6.32. The maximum atomic E-state index is 6.32. The van der Waals surface area contributed by atoms with E-state index in [9.17, 15) is 0 Å². The van der Waals surface area contributed by atoms with Gasteiger partial charge in [-0.2, -0.15) is 0 Å². The molecule has 2 saturated heterocycles. The first kappa shape index (κ1) is 24.8. The van der Waals surface area contributed by atoms with Gasteiger partial charge in [-0.25, -0.2) is 9.97 Å². The first-order valence-corrected chi connectivity index (χ1v) is 11.2. The van der Waals surface area contributed by atoms with Crippen molar-refractivity contribution in [1.82, 2.24) is 25.5 Å². The Hall–Kier alpha value is -1.85. The van der Waals surface area contributed by atoms with Crippen molar-refractivity contribution in [1.29, 1.82) is 0 Å². The first-order chi connectivity index (χ1) is 15.1. The normalized spacial score (nSPS) is 19.6. The Labute approximate surface area is 212 Å². The largest absolute Gasteiger partial charge is 0.354 e. The van der Waals surface area contributed by atoms with Crippen molar-refractivity contribution in [2.24, 2.45) is 4.99 Å². The van der Waals surface area contributed by atoms with Gasteiger partial charge in [0, 0.05) is 76.9 Å². The van der Waals surface area contributed by atoms with Crippen molar-refractivity contribution in [3.05, 3.63) is 47.2 Å². The number of piperazine rings is 1. The minimum Gasteiger partial charge on any atom is -0.354 e. The summed E-state index contributed by atoms with van der Waals surface area (Å²) >= 11 is 6.32. The molecule has 8 nitrogen and oxygen atoms in total. The summed E-state index contributed by atoms with van der Waals surface area (Å²) in [4.78, 5) is 20.5. The molecule has 0 aromatic carbocycles. The van der Waals surface area contributed by atoms with Crippen LogP contribution >= 0.6 is 35.6 Å². The predicted octanol–water partition coefficient (Wildman–Crippen LogP) is 2.44. The number of rotatable bonds is 5. The fourth-order valence-corrected chi connectivity index (χ4v) is 4.36. The maximum Gasteiger partial charge on any atom is 0.191 e. The summed E-state index contributed by atoms with van der Waals surface area (Å²) in [6.45, 7) is 6.56. The minimum atomic E-state index is 0. The average molecular weight is 571 g/mol. The fourth-order valence-electron chi connectivity index (χ4n) is 4.12. The quantitative estimate of drug-likeness (QED) is 0.325. The van der Waals surface area contributed by atoms with Crippen molar-refractivity contribution < 1.29 is 0 Å². The Morgan fingerprint density at radius 2 is 1.78 bits per heavy atom. The second-order valence-electron chi connectivity index (χ2n) is 8.09. The van der Waals surface area contributed by atoms with Crippen molar-refractivity contribution >= 4 is 53.2 Å². The number of hydrogen-bond donors (Lipinski definition) is 2. The van der Waals surface area contributed by atoms with Gasteiger partial charge in [0.15, 0.2) is 5.96 Å². The van der Waals surface area contributed by atoms with Crippen LogP contribution in [0.15, 0.2) is 41.7 Å². The predicted molar refractivity (Wildman–Crippen MR) is 143 cm³/mol. The van der Waals surface area contributed by atoms with Gasteiger partial charge in [0.25, 0.3) is 0 Å². The molecule has 4 rings (SSSR count). The molecule has 2 aromatic rings. The number of aliphatic imine (C=N–C) groups is 1. The number of aromatic nitrogens is 2. The van der Waals surface area contributed by atoms with Crippen LogP contribution in [0.4, 0.5) is 11.6 Å². The van der Waals surface area contributed by atoms with Crippen LogP contribution in [0.5, 0.6) is 0 Å². The molecule has 4 heterocycles. The third-order valence-corrected chi connectivity index (χ3v) is 6.20. The van der Waals surface area contributed by atoms with Gasteiger partial charge in [-0.1, -0.05) is 17.7 Å². The van der Waals surface area contributed by atoms with Gasteiger partial charge < -0.3 is 25.3 Å². The van der Waals surface area contributed by atoms with E-state index in [1.807, 2.05) is 31.4 Å². The Morgan fingerprint density at radius 1 is 1.06 bits per heavy atom. The molecule has 2 aromatic heterocycles. The molecular formula is C22H32ClIN8. The molecule has 0 bridgehead atoms. The zero-order chi connectivity index (χ0) is 21.6. The molecule has 2 aliphatic heterocycles. The van der Waals surface area contributed by atoms with Gasteiger partial charge in [-0.15, -0.1) is 24.0 Å². The van der Waals surface area contributed by atoms with Gasteiger partial charge >= 0.3 is 0 Å². The van der Waals surface area contributed by atoms with Gasteiger partial charge in [0.05, 0.1) is 5.02 Å². The Bertz CT molecular complexity index is 903. The summed E-state index contributed by atoms with van der Waals surface area (Å²) in [5.41, 5.74) is 1.18. The van der Waals surface area contributed by atoms with Crippen molar-refractivity contribution in [3.63, 3.8) is 0 Å². The number of halogens is 2. The first-order valence-electron chi connectivity index (χ1n) is 10.8. The summed E-state index contributed by atoms with van der Waals surface area (Å²) in [5.74, 6) is 2.71. The average Bonchev–Trinajstić information content (AvgIpc) is 3.26. The summed E-state index contributed by atoms with van der Waals surface area (Å²) in [6, 6.07) is 8.17. The van der Waals surface area contributed by atoms with Gasteiger partial charge in [0.1, 0.15) is 11.6 Å². The van der Waals surface area contributed by atoms with E-state index in [1.54, 1.807) is 6.20 Å². The molecule has 0 amide bonds. The summed E-state index contributed by atoms with van der Waals surface area (Å²) in [5, 5.41) is 7.71. The smallest absolute Gasteiger partial charge is 0.191 e. The zero-order valence-electron chi connectivity index (χ0n) is 18.7. The number of pyridine rings is 2. The topological polar surface area (TPSA) is 71.9 Å². The Morgan fingerprint density at radius 3 is 2.50 bits per heavy atom. The third kappa shape index (κ3) is 6.14. The van der Waals surface area contributed by atoms with Crippen LogP contribution < -0.4 is 20.4 Å². The molecule has 0 saturated carbocycles. The molecule has 10 heteroatoms. The number of nitrogens with one attached hydrogen (secondary N) is 2. The highest BCUT2D eigenvalue weighted by molar-refractivity contribution is 14.0. The summed E-state index contributed by atoms with van der Waals surface area (Å²) in [7, 11) is 3.97. The number of likely N-dealkylation sites (N-methyl/N-ethyl adjacent to an activating group) is 1. The van der Waals surface area contributed by atoms with E-state index in [0.717, 1.165) is 63.3 Å². The van der Waals surface area contributed by atoms with E-state index >= 15 is 0 Å². The molecule has 2 aliphatic rings. The van der Waals surface area contributed by atoms with Crippen LogP contribution in [0.3, 0.4) is 0 Å². The summed E-state index contributed by atoms with van der Waals surface area (Å²) < 4.78 is 0. The highest BCUT2D eigenvalue weighted by Gasteiger charge is 2.25. The molecule has 1 atom stereocenters. The lowest BCUT2D eigenvalue weighted by molar-refractivity contribution is 0.312. The number of guanidine groups is 1. The Balaban J connectivity index is 0.00000289. The van der Waals surface area contributed by atoms with Crippen LogP contribution in [0, 0.1) is 0 Å². The lowest BCUT2D eigenvalue weighted by atomic mass is 10.2. The highest BCUT2D eigenvalue weighted by atomic mass is 127. The van der Waals surface area contributed by atoms with E-state index < -0.39 is 0 Å². The Kier molecular flexibility index (Phi) is 9.18. The standard InChI is InChI=1S/C22H31ClN8.HI/c1-24-22(28-18-7-10-31(16-18)21-19(23)6-4-9-26-21)27-15-17-5-3-8-25-20(17)30-13-11-29(2)12-14-30;/h3-6,8-9,18H,7,10-16H2,1-2H3,(H2,24,27,28);1H. The van der Waals surface area contributed by atoms with Crippen LogP contribution in [0.2, 0.25) is 5.02 Å². The van der Waals surface area contributed by atoms with Crippen molar-refractivity contribution in [3.8, 4) is 0 Å². The van der Waals surface area contributed by atoms with Crippen molar-refractivity contribution in [2.75, 3.05) is 63.2 Å². The number of nitrogens with zero attached hydrogens (tertiary/aromatic N) is 6. The van der Waals surface area contributed by atoms with E-state index in [1.165, 1.54) is 5.56 Å². The van der Waals surface area contributed by atoms with E-state index in [-0.39, 0.29) is 30.0 Å². The van der Waals surface area contributed by atoms with Crippen LogP contribution in [0.1, 0.15) is 12.0 Å². The summed E-state index contributed by atoms with van der Waals surface area (Å²) in [6.07, 6.45) is 4.67. The monoisotopic (exact) mass is 570 g/mol. The lowest BCUT2D eigenvalue weighted by Crippen LogP contribution is -2.46. The van der Waals surface area contributed by atoms with Crippen LogP contribution in [-0.4, -0.2) is 80.2 Å². The molecule has 0 aliphatic carbocycles. The molecule has 174 valence electrons. The second-order valence-corrected chi connectivity index (χ2v) is 8.49. The highest BCUT2D eigenvalue weighted by Crippen LogP contribution is 2.25. The van der Waals surface area contributed by atoms with Crippen LogP contribution in [0.25, 0.3) is 0 Å². The molecule has 1 unspecified atom stereocenters. The molecule has 0 spiro atoms. The van der Waals surface area contributed by atoms with Crippen LogP contribution in [-0.2, 0) is 6.54 Å². The molecule has 32 heavy (non-hydrogen) atoms. The second kappa shape index (κ2) is 11.9. The van der Waals surface area contributed by atoms with Crippen molar-refractivity contribution in [2.45, 2.75) is 19.0 Å². The fraction of sp³-hybridized carbons (Fsp3) is 0.500. The van der Waals surface area contributed by atoms with Gasteiger partial charge in [-0.05, 0) is 31.7 Å². The lowest BCUT2D eigenvalue weighted by Gasteiger charge is -2.34. The van der Waals surface area contributed by atoms with E-state index in [4.69, 9.17) is 11.6 Å².